The Bertz CT molecular complexity index is 498. The fourth-order valence-corrected chi connectivity index (χ4v) is 1.82. The molecule has 1 aromatic carbocycles. The Balaban J connectivity index is 2.71. The number of carbonyl (C=O) groups excluding carboxylic acids is 1. The van der Waals surface area contributed by atoms with Crippen LogP contribution in [0.5, 0.6) is 0 Å². The minimum atomic E-state index is -0.664. The molecule has 0 heterocycles. The number of carbonyl (C=O) groups is 1. The van der Waals surface area contributed by atoms with Gasteiger partial charge in [-0.15, -0.1) is 0 Å². The molecule has 1 aromatic rings. The fourth-order valence-electron chi connectivity index (χ4n) is 1.70. The summed E-state index contributed by atoms with van der Waals surface area (Å²) in [4.78, 5) is 12.1. The summed E-state index contributed by atoms with van der Waals surface area (Å²) in [5.41, 5.74) is 1.08. The smallest absolute Gasteiger partial charge is 0.338 e. The van der Waals surface area contributed by atoms with E-state index in [1.54, 1.807) is 30.3 Å². The van der Waals surface area contributed by atoms with E-state index in [2.05, 4.69) is 12.7 Å². The van der Waals surface area contributed by atoms with Gasteiger partial charge < -0.3 is 4.74 Å². The van der Waals surface area contributed by atoms with E-state index in [9.17, 15) is 4.79 Å². The molecule has 1 unspecified atom stereocenters. The van der Waals surface area contributed by atoms with Gasteiger partial charge in [0, 0.05) is 5.02 Å². The van der Waals surface area contributed by atoms with Crippen molar-refractivity contribution in [3.63, 3.8) is 0 Å². The number of esters is 1. The number of allylic oxidation sites excluding steroid dienone is 2. The van der Waals surface area contributed by atoms with Crippen LogP contribution in [-0.4, -0.2) is 11.6 Å². The van der Waals surface area contributed by atoms with Gasteiger partial charge in [-0.3, -0.25) is 0 Å². The van der Waals surface area contributed by atoms with Gasteiger partial charge in [-0.25, -0.2) is 4.79 Å². The maximum atomic E-state index is 12.1. The zero-order chi connectivity index (χ0) is 15.2. The first-order valence-electron chi connectivity index (χ1n) is 6.62. The van der Waals surface area contributed by atoms with E-state index in [1.807, 2.05) is 20.8 Å². The van der Waals surface area contributed by atoms with Crippen molar-refractivity contribution in [2.45, 2.75) is 39.2 Å². The van der Waals surface area contributed by atoms with E-state index in [0.29, 0.717) is 17.0 Å². The summed E-state index contributed by atoms with van der Waals surface area (Å²) in [7, 11) is 0. The van der Waals surface area contributed by atoms with Crippen molar-refractivity contribution >= 4 is 17.6 Å². The molecular formula is C17H21ClO2. The summed E-state index contributed by atoms with van der Waals surface area (Å²) in [6.07, 6.45) is 5.36. The van der Waals surface area contributed by atoms with Crippen molar-refractivity contribution in [3.05, 3.63) is 59.2 Å². The second-order valence-electron chi connectivity index (χ2n) is 5.23. The first-order chi connectivity index (χ1) is 9.36. The minimum absolute atomic E-state index is 0.360. The molecule has 0 aliphatic carbocycles. The molecule has 1 rings (SSSR count). The third kappa shape index (κ3) is 5.22. The van der Waals surface area contributed by atoms with Gasteiger partial charge in [0.2, 0.25) is 0 Å². The highest BCUT2D eigenvalue weighted by Crippen LogP contribution is 2.22. The molecule has 3 heteroatoms. The molecular weight excluding hydrogens is 272 g/mol. The Morgan fingerprint density at radius 1 is 1.35 bits per heavy atom. The standard InChI is InChI=1S/C17H21ClO2/c1-5-17(4,12-6-7-13(2)3)20-16(19)14-8-10-15(18)11-9-14/h5,7-11H,1,6,12H2,2-4H3. The summed E-state index contributed by atoms with van der Waals surface area (Å²) >= 11 is 5.80. The monoisotopic (exact) mass is 292 g/mol. The number of ether oxygens (including phenoxy) is 1. The molecule has 0 saturated carbocycles. The Morgan fingerprint density at radius 3 is 2.45 bits per heavy atom. The Kier molecular flexibility index (Phi) is 6.03. The number of rotatable bonds is 6. The van der Waals surface area contributed by atoms with Crippen molar-refractivity contribution in [2.24, 2.45) is 0 Å². The molecule has 0 aliphatic rings. The number of benzene rings is 1. The zero-order valence-electron chi connectivity index (χ0n) is 12.3. The van der Waals surface area contributed by atoms with Gasteiger partial charge in [0.05, 0.1) is 5.56 Å². The number of hydrogen-bond acceptors (Lipinski definition) is 2. The summed E-state index contributed by atoms with van der Waals surface area (Å²) in [6, 6.07) is 6.66. The lowest BCUT2D eigenvalue weighted by molar-refractivity contribution is 0.00835. The lowest BCUT2D eigenvalue weighted by Crippen LogP contribution is -2.29. The first-order valence-corrected chi connectivity index (χ1v) is 7.00. The number of halogens is 1. The van der Waals surface area contributed by atoms with E-state index in [1.165, 1.54) is 5.57 Å². The highest BCUT2D eigenvalue weighted by molar-refractivity contribution is 6.30. The lowest BCUT2D eigenvalue weighted by Gasteiger charge is -2.25. The largest absolute Gasteiger partial charge is 0.452 e. The molecule has 1 atom stereocenters. The topological polar surface area (TPSA) is 26.3 Å². The van der Waals surface area contributed by atoms with Crippen LogP contribution in [0.4, 0.5) is 0 Å². The Hall–Kier alpha value is -1.54. The van der Waals surface area contributed by atoms with E-state index >= 15 is 0 Å². The highest BCUT2D eigenvalue weighted by atomic mass is 35.5. The van der Waals surface area contributed by atoms with Gasteiger partial charge in [0.1, 0.15) is 5.60 Å². The van der Waals surface area contributed by atoms with Crippen LogP contribution < -0.4 is 0 Å². The van der Waals surface area contributed by atoms with Crippen LogP contribution in [0.1, 0.15) is 44.0 Å². The van der Waals surface area contributed by atoms with Crippen LogP contribution in [0, 0.1) is 0 Å². The summed E-state index contributed by atoms with van der Waals surface area (Å²) in [5, 5.41) is 0.594. The lowest BCUT2D eigenvalue weighted by atomic mass is 9.99. The molecule has 0 spiro atoms. The molecule has 108 valence electrons. The van der Waals surface area contributed by atoms with Crippen molar-refractivity contribution in [2.75, 3.05) is 0 Å². The molecule has 0 bridgehead atoms. The van der Waals surface area contributed by atoms with Gasteiger partial charge in [-0.1, -0.05) is 29.8 Å². The molecule has 2 nitrogen and oxygen atoms in total. The molecule has 0 fully saturated rings. The van der Waals surface area contributed by atoms with Crippen molar-refractivity contribution in [1.82, 2.24) is 0 Å². The Morgan fingerprint density at radius 2 is 1.95 bits per heavy atom. The summed E-state index contributed by atoms with van der Waals surface area (Å²) in [6.45, 7) is 9.73. The zero-order valence-corrected chi connectivity index (χ0v) is 13.0. The predicted octanol–water partition coefficient (Wildman–Crippen LogP) is 5.19. The third-order valence-corrected chi connectivity index (χ3v) is 3.28. The molecule has 0 N–H and O–H groups in total. The second kappa shape index (κ2) is 7.30. The SMILES string of the molecule is C=CC(C)(CCC=C(C)C)OC(=O)c1ccc(Cl)cc1. The fraction of sp³-hybridized carbons (Fsp3) is 0.353. The molecule has 20 heavy (non-hydrogen) atoms. The molecule has 0 aliphatic heterocycles. The average molecular weight is 293 g/mol. The molecule has 0 radical (unpaired) electrons. The average Bonchev–Trinajstić information content (AvgIpc) is 2.39. The van der Waals surface area contributed by atoms with E-state index in [-0.39, 0.29) is 5.97 Å². The van der Waals surface area contributed by atoms with Crippen LogP contribution in [0.15, 0.2) is 48.6 Å². The van der Waals surface area contributed by atoms with Crippen LogP contribution in [0.3, 0.4) is 0 Å². The molecule has 0 aromatic heterocycles. The van der Waals surface area contributed by atoms with Gasteiger partial charge in [-0.05, 0) is 64.0 Å². The minimum Gasteiger partial charge on any atom is -0.452 e. The predicted molar refractivity (Wildman–Crippen MR) is 84.1 cm³/mol. The van der Waals surface area contributed by atoms with Crippen molar-refractivity contribution in [1.29, 1.82) is 0 Å². The second-order valence-corrected chi connectivity index (χ2v) is 5.67. The normalized spacial score (nSPS) is 13.2. The highest BCUT2D eigenvalue weighted by Gasteiger charge is 2.25. The maximum Gasteiger partial charge on any atom is 0.338 e. The number of hydrogen-bond donors (Lipinski definition) is 0. The van der Waals surface area contributed by atoms with Crippen molar-refractivity contribution < 1.29 is 9.53 Å². The maximum absolute atomic E-state index is 12.1. The van der Waals surface area contributed by atoms with E-state index in [4.69, 9.17) is 16.3 Å². The van der Waals surface area contributed by atoms with E-state index < -0.39 is 5.60 Å². The van der Waals surface area contributed by atoms with E-state index in [0.717, 1.165) is 6.42 Å². The molecule has 0 amide bonds. The van der Waals surface area contributed by atoms with Crippen molar-refractivity contribution in [3.8, 4) is 0 Å². The summed E-state index contributed by atoms with van der Waals surface area (Å²) in [5.74, 6) is -0.360. The molecule has 0 saturated heterocycles. The van der Waals surface area contributed by atoms with Crippen LogP contribution in [-0.2, 0) is 4.74 Å². The van der Waals surface area contributed by atoms with Gasteiger partial charge in [0.15, 0.2) is 0 Å². The van der Waals surface area contributed by atoms with Crippen LogP contribution in [0.25, 0.3) is 0 Å². The van der Waals surface area contributed by atoms with Crippen LogP contribution in [0.2, 0.25) is 5.02 Å². The quantitative estimate of drug-likeness (QED) is 0.533. The van der Waals surface area contributed by atoms with Gasteiger partial charge >= 0.3 is 5.97 Å². The Labute approximate surface area is 126 Å². The van der Waals surface area contributed by atoms with Gasteiger partial charge in [-0.2, -0.15) is 0 Å². The third-order valence-electron chi connectivity index (χ3n) is 3.03. The summed E-state index contributed by atoms with van der Waals surface area (Å²) < 4.78 is 5.57. The first kappa shape index (κ1) is 16.5. The van der Waals surface area contributed by atoms with Crippen LogP contribution >= 0.6 is 11.6 Å². The van der Waals surface area contributed by atoms with Gasteiger partial charge in [0.25, 0.3) is 0 Å².